The van der Waals surface area contributed by atoms with Crippen molar-refractivity contribution in [1.82, 2.24) is 10.2 Å². The van der Waals surface area contributed by atoms with Gasteiger partial charge in [0.05, 0.1) is 13.2 Å². The van der Waals surface area contributed by atoms with Crippen LogP contribution < -0.4 is 5.32 Å². The van der Waals surface area contributed by atoms with E-state index in [2.05, 4.69) is 37.9 Å². The zero-order chi connectivity index (χ0) is 13.5. The zero-order valence-corrected chi connectivity index (χ0v) is 12.9. The van der Waals surface area contributed by atoms with Crippen molar-refractivity contribution >= 4 is 0 Å². The van der Waals surface area contributed by atoms with E-state index in [4.69, 9.17) is 4.74 Å². The minimum absolute atomic E-state index is 0.653. The standard InChI is InChI=1S/C6H13NO.C6H15N.C2H6/c1-2-7-3-5-8-6-4-7;1-4-5-7-6(2)3;1-2/h2-6H2,1H3;6-7H,4-5H2,1-3H3;1-2H3. The molecular formula is C14H34N2O. The summed E-state index contributed by atoms with van der Waals surface area (Å²) in [5, 5.41) is 3.30. The van der Waals surface area contributed by atoms with Crippen LogP contribution in [0.3, 0.4) is 0 Å². The first-order chi connectivity index (χ1) is 8.20. The van der Waals surface area contributed by atoms with Crippen molar-refractivity contribution in [3.8, 4) is 0 Å². The highest BCUT2D eigenvalue weighted by molar-refractivity contribution is 4.57. The van der Waals surface area contributed by atoms with Gasteiger partial charge in [0.2, 0.25) is 0 Å². The Morgan fingerprint density at radius 2 is 1.65 bits per heavy atom. The molecule has 0 spiro atoms. The van der Waals surface area contributed by atoms with Crippen molar-refractivity contribution < 1.29 is 4.74 Å². The van der Waals surface area contributed by atoms with E-state index in [1.54, 1.807) is 0 Å². The summed E-state index contributed by atoms with van der Waals surface area (Å²) in [5.41, 5.74) is 0. The smallest absolute Gasteiger partial charge is 0.0594 e. The Hall–Kier alpha value is -0.120. The summed E-state index contributed by atoms with van der Waals surface area (Å²) >= 11 is 0. The molecule has 1 aliphatic rings. The van der Waals surface area contributed by atoms with Crippen LogP contribution in [0.2, 0.25) is 0 Å². The molecule has 0 bridgehead atoms. The lowest BCUT2D eigenvalue weighted by Crippen LogP contribution is -2.35. The normalized spacial score (nSPS) is 15.7. The van der Waals surface area contributed by atoms with Crippen molar-refractivity contribution in [2.24, 2.45) is 0 Å². The summed E-state index contributed by atoms with van der Waals surface area (Å²) in [5.74, 6) is 0. The lowest BCUT2D eigenvalue weighted by molar-refractivity contribution is 0.0405. The van der Waals surface area contributed by atoms with Gasteiger partial charge < -0.3 is 10.1 Å². The van der Waals surface area contributed by atoms with Gasteiger partial charge in [-0.2, -0.15) is 0 Å². The maximum absolute atomic E-state index is 5.16. The summed E-state index contributed by atoms with van der Waals surface area (Å²) in [6, 6.07) is 0.653. The highest BCUT2D eigenvalue weighted by atomic mass is 16.5. The van der Waals surface area contributed by atoms with E-state index in [1.807, 2.05) is 13.8 Å². The maximum atomic E-state index is 5.16. The Labute approximate surface area is 109 Å². The number of hydrogen-bond donors (Lipinski definition) is 1. The molecule has 0 aromatic heterocycles. The van der Waals surface area contributed by atoms with E-state index in [0.717, 1.165) is 32.8 Å². The van der Waals surface area contributed by atoms with Crippen molar-refractivity contribution in [1.29, 1.82) is 0 Å². The molecule has 0 saturated carbocycles. The van der Waals surface area contributed by atoms with Gasteiger partial charge in [0.25, 0.3) is 0 Å². The van der Waals surface area contributed by atoms with Gasteiger partial charge in [0, 0.05) is 19.1 Å². The SMILES string of the molecule is CC.CCCNC(C)C.CCN1CCOCC1. The third-order valence-electron chi connectivity index (χ3n) is 2.35. The second-order valence-electron chi connectivity index (χ2n) is 4.16. The van der Waals surface area contributed by atoms with E-state index >= 15 is 0 Å². The van der Waals surface area contributed by atoms with Gasteiger partial charge in [-0.05, 0) is 19.5 Å². The van der Waals surface area contributed by atoms with Crippen molar-refractivity contribution in [3.05, 3.63) is 0 Å². The van der Waals surface area contributed by atoms with Crippen molar-refractivity contribution in [2.75, 3.05) is 39.4 Å². The highest BCUT2D eigenvalue weighted by Gasteiger charge is 2.05. The molecular weight excluding hydrogens is 212 g/mol. The molecule has 1 heterocycles. The minimum Gasteiger partial charge on any atom is -0.379 e. The fourth-order valence-electron chi connectivity index (χ4n) is 1.35. The Morgan fingerprint density at radius 3 is 1.88 bits per heavy atom. The van der Waals surface area contributed by atoms with Gasteiger partial charge in [-0.3, -0.25) is 4.90 Å². The van der Waals surface area contributed by atoms with Crippen LogP contribution in [0, 0.1) is 0 Å². The van der Waals surface area contributed by atoms with Crippen LogP contribution in [0.25, 0.3) is 0 Å². The third kappa shape index (κ3) is 15.9. The number of rotatable bonds is 4. The van der Waals surface area contributed by atoms with Crippen LogP contribution in [0.4, 0.5) is 0 Å². The number of likely N-dealkylation sites (N-methyl/N-ethyl adjacent to an activating group) is 1. The first-order valence-electron chi connectivity index (χ1n) is 7.24. The average Bonchev–Trinajstić information content (AvgIpc) is 2.40. The Kier molecular flexibility index (Phi) is 18.0. The monoisotopic (exact) mass is 246 g/mol. The molecule has 0 atom stereocenters. The summed E-state index contributed by atoms with van der Waals surface area (Å²) in [7, 11) is 0. The van der Waals surface area contributed by atoms with Crippen molar-refractivity contribution in [3.63, 3.8) is 0 Å². The molecule has 1 N–H and O–H groups in total. The molecule has 3 heteroatoms. The van der Waals surface area contributed by atoms with Crippen LogP contribution in [0.5, 0.6) is 0 Å². The topological polar surface area (TPSA) is 24.5 Å². The van der Waals surface area contributed by atoms with Gasteiger partial charge in [-0.25, -0.2) is 0 Å². The van der Waals surface area contributed by atoms with Gasteiger partial charge in [0.1, 0.15) is 0 Å². The number of morpholine rings is 1. The molecule has 0 aliphatic carbocycles. The third-order valence-corrected chi connectivity index (χ3v) is 2.35. The van der Waals surface area contributed by atoms with E-state index in [1.165, 1.54) is 13.0 Å². The average molecular weight is 246 g/mol. The predicted molar refractivity (Wildman–Crippen MR) is 77.7 cm³/mol. The van der Waals surface area contributed by atoms with Crippen LogP contribution >= 0.6 is 0 Å². The molecule has 0 amide bonds. The lowest BCUT2D eigenvalue weighted by atomic mass is 10.4. The molecule has 0 aromatic carbocycles. The number of ether oxygens (including phenoxy) is 1. The van der Waals surface area contributed by atoms with Gasteiger partial charge in [-0.1, -0.05) is 41.5 Å². The van der Waals surface area contributed by atoms with E-state index < -0.39 is 0 Å². The molecule has 1 aliphatic heterocycles. The van der Waals surface area contributed by atoms with Crippen LogP contribution in [-0.2, 0) is 4.74 Å². The lowest BCUT2D eigenvalue weighted by Gasteiger charge is -2.24. The molecule has 0 aromatic rings. The first kappa shape index (κ1) is 19.2. The Bertz CT molecular complexity index is 123. The Morgan fingerprint density at radius 1 is 1.12 bits per heavy atom. The second-order valence-corrected chi connectivity index (χ2v) is 4.16. The summed E-state index contributed by atoms with van der Waals surface area (Å²) in [6.07, 6.45) is 1.23. The molecule has 1 saturated heterocycles. The van der Waals surface area contributed by atoms with E-state index in [9.17, 15) is 0 Å². The zero-order valence-electron chi connectivity index (χ0n) is 12.9. The molecule has 0 radical (unpaired) electrons. The molecule has 106 valence electrons. The van der Waals surface area contributed by atoms with Crippen LogP contribution in [0.1, 0.15) is 48.0 Å². The second kappa shape index (κ2) is 15.9. The highest BCUT2D eigenvalue weighted by Crippen LogP contribution is 1.93. The predicted octanol–water partition coefficient (Wildman–Crippen LogP) is 2.76. The molecule has 1 fully saturated rings. The molecule has 3 nitrogen and oxygen atoms in total. The molecule has 1 rings (SSSR count). The minimum atomic E-state index is 0.653. The fraction of sp³-hybridized carbons (Fsp3) is 1.00. The summed E-state index contributed by atoms with van der Waals surface area (Å²) in [4.78, 5) is 2.39. The van der Waals surface area contributed by atoms with Gasteiger partial charge in [-0.15, -0.1) is 0 Å². The Balaban J connectivity index is 0. The van der Waals surface area contributed by atoms with E-state index in [-0.39, 0.29) is 0 Å². The van der Waals surface area contributed by atoms with Crippen molar-refractivity contribution in [2.45, 2.75) is 54.0 Å². The number of nitrogens with zero attached hydrogens (tertiary/aromatic N) is 1. The van der Waals surface area contributed by atoms with Gasteiger partial charge >= 0.3 is 0 Å². The van der Waals surface area contributed by atoms with Crippen LogP contribution in [-0.4, -0.2) is 50.3 Å². The largest absolute Gasteiger partial charge is 0.379 e. The van der Waals surface area contributed by atoms with Gasteiger partial charge in [0.15, 0.2) is 0 Å². The summed E-state index contributed by atoms with van der Waals surface area (Å²) < 4.78 is 5.16. The van der Waals surface area contributed by atoms with E-state index in [0.29, 0.717) is 6.04 Å². The fourth-order valence-corrected chi connectivity index (χ4v) is 1.35. The quantitative estimate of drug-likeness (QED) is 0.825. The maximum Gasteiger partial charge on any atom is 0.0594 e. The molecule has 17 heavy (non-hydrogen) atoms. The molecule has 0 unspecified atom stereocenters. The number of hydrogen-bond acceptors (Lipinski definition) is 3. The summed E-state index contributed by atoms with van der Waals surface area (Å²) in [6.45, 7) is 19.1. The van der Waals surface area contributed by atoms with Crippen LogP contribution in [0.15, 0.2) is 0 Å². The first-order valence-corrected chi connectivity index (χ1v) is 7.24. The number of nitrogens with one attached hydrogen (secondary N) is 1.